The molecule has 2 amide bonds. The predicted octanol–water partition coefficient (Wildman–Crippen LogP) is 4.16. The number of rotatable bonds is 5. The van der Waals surface area contributed by atoms with Gasteiger partial charge in [0.25, 0.3) is 11.8 Å². The number of benzene rings is 1. The third-order valence-corrected chi connectivity index (χ3v) is 4.73. The van der Waals surface area contributed by atoms with Crippen LogP contribution >= 0.6 is 11.6 Å². The largest absolute Gasteiger partial charge is 0.433 e. The van der Waals surface area contributed by atoms with Crippen molar-refractivity contribution in [3.8, 4) is 0 Å². The zero-order valence-electron chi connectivity index (χ0n) is 14.4. The van der Waals surface area contributed by atoms with E-state index in [4.69, 9.17) is 16.0 Å². The lowest BCUT2D eigenvalue weighted by molar-refractivity contribution is -0.402. The first-order chi connectivity index (χ1) is 12.9. The lowest BCUT2D eigenvalue weighted by atomic mass is 9.95. The van der Waals surface area contributed by atoms with Crippen LogP contribution in [-0.2, 0) is 0 Å². The van der Waals surface area contributed by atoms with Gasteiger partial charge >= 0.3 is 5.88 Å². The van der Waals surface area contributed by atoms with Crippen LogP contribution in [0.3, 0.4) is 0 Å². The smallest absolute Gasteiger partial charge is 0.395 e. The van der Waals surface area contributed by atoms with Gasteiger partial charge in [-0.1, -0.05) is 30.9 Å². The van der Waals surface area contributed by atoms with E-state index in [0.29, 0.717) is 5.69 Å². The lowest BCUT2D eigenvalue weighted by Crippen LogP contribution is -2.36. The van der Waals surface area contributed by atoms with Gasteiger partial charge in [-0.3, -0.25) is 19.7 Å². The third kappa shape index (κ3) is 4.65. The van der Waals surface area contributed by atoms with Crippen LogP contribution in [0.25, 0.3) is 0 Å². The molecule has 1 aliphatic rings. The van der Waals surface area contributed by atoms with E-state index in [1.807, 2.05) is 0 Å². The van der Waals surface area contributed by atoms with Gasteiger partial charge in [0.05, 0.1) is 16.7 Å². The Bertz CT molecular complexity index is 874. The van der Waals surface area contributed by atoms with Crippen LogP contribution in [0.1, 0.15) is 53.0 Å². The minimum atomic E-state index is -0.729. The molecule has 2 N–H and O–H groups in total. The summed E-state index contributed by atoms with van der Waals surface area (Å²) >= 11 is 6.13. The van der Waals surface area contributed by atoms with Crippen molar-refractivity contribution in [3.05, 3.63) is 56.8 Å². The van der Waals surface area contributed by atoms with Crippen molar-refractivity contribution in [1.29, 1.82) is 0 Å². The molecule has 0 saturated heterocycles. The average molecular weight is 392 g/mol. The maximum absolute atomic E-state index is 12.5. The number of nitro groups is 1. The quantitative estimate of drug-likeness (QED) is 0.586. The maximum atomic E-state index is 12.5. The highest BCUT2D eigenvalue weighted by Gasteiger charge is 2.20. The summed E-state index contributed by atoms with van der Waals surface area (Å²) in [5, 5.41) is 16.4. The van der Waals surface area contributed by atoms with Gasteiger partial charge in [0.2, 0.25) is 0 Å². The fraction of sp³-hybridized carbons (Fsp3) is 0.333. The Balaban J connectivity index is 1.71. The Morgan fingerprint density at radius 1 is 1.11 bits per heavy atom. The summed E-state index contributed by atoms with van der Waals surface area (Å²) in [7, 11) is 0. The summed E-state index contributed by atoms with van der Waals surface area (Å²) in [6.45, 7) is 0. The van der Waals surface area contributed by atoms with Gasteiger partial charge in [-0.05, 0) is 37.1 Å². The van der Waals surface area contributed by atoms with Crippen molar-refractivity contribution in [2.24, 2.45) is 0 Å². The molecular formula is C18H18ClN3O5. The minimum Gasteiger partial charge on any atom is -0.395 e. The first-order valence-corrected chi connectivity index (χ1v) is 8.98. The van der Waals surface area contributed by atoms with Crippen LogP contribution in [-0.4, -0.2) is 22.8 Å². The Morgan fingerprint density at radius 3 is 2.52 bits per heavy atom. The fourth-order valence-electron chi connectivity index (χ4n) is 3.03. The molecule has 27 heavy (non-hydrogen) atoms. The van der Waals surface area contributed by atoms with Crippen molar-refractivity contribution in [2.75, 3.05) is 5.32 Å². The van der Waals surface area contributed by atoms with Gasteiger partial charge < -0.3 is 15.1 Å². The van der Waals surface area contributed by atoms with Crippen molar-refractivity contribution in [1.82, 2.24) is 5.32 Å². The molecule has 8 nitrogen and oxygen atoms in total. The van der Waals surface area contributed by atoms with E-state index in [2.05, 4.69) is 10.6 Å². The number of hydrogen-bond donors (Lipinski definition) is 2. The molecular weight excluding hydrogens is 374 g/mol. The second kappa shape index (κ2) is 8.22. The molecule has 1 aromatic heterocycles. The zero-order chi connectivity index (χ0) is 19.4. The molecule has 3 rings (SSSR count). The van der Waals surface area contributed by atoms with Gasteiger partial charge in [-0.15, -0.1) is 0 Å². The molecule has 142 valence electrons. The van der Waals surface area contributed by atoms with Crippen LogP contribution in [0.5, 0.6) is 0 Å². The number of anilines is 1. The molecule has 0 aliphatic heterocycles. The van der Waals surface area contributed by atoms with Crippen molar-refractivity contribution < 1.29 is 18.9 Å². The Hall–Kier alpha value is -2.87. The van der Waals surface area contributed by atoms with Gasteiger partial charge in [0, 0.05) is 11.7 Å². The molecule has 0 atom stereocenters. The van der Waals surface area contributed by atoms with Crippen molar-refractivity contribution in [3.63, 3.8) is 0 Å². The van der Waals surface area contributed by atoms with E-state index in [9.17, 15) is 19.7 Å². The van der Waals surface area contributed by atoms with Crippen LogP contribution in [0.2, 0.25) is 5.02 Å². The number of carbonyl (C=O) groups is 2. The topological polar surface area (TPSA) is 114 Å². The zero-order valence-corrected chi connectivity index (χ0v) is 15.1. The highest BCUT2D eigenvalue weighted by molar-refractivity contribution is 6.34. The number of halogens is 1. The number of nitrogens with one attached hydrogen (secondary N) is 2. The highest BCUT2D eigenvalue weighted by Crippen LogP contribution is 2.24. The Labute approximate surface area is 160 Å². The second-order valence-corrected chi connectivity index (χ2v) is 6.76. The van der Waals surface area contributed by atoms with Crippen LogP contribution < -0.4 is 10.6 Å². The average Bonchev–Trinajstić information content (AvgIpc) is 3.15. The molecule has 9 heteroatoms. The molecule has 0 spiro atoms. The van der Waals surface area contributed by atoms with Crippen LogP contribution in [0.15, 0.2) is 34.7 Å². The fourth-order valence-corrected chi connectivity index (χ4v) is 3.23. The van der Waals surface area contributed by atoms with Gasteiger partial charge in [0.1, 0.15) is 4.92 Å². The van der Waals surface area contributed by atoms with Gasteiger partial charge in [0.15, 0.2) is 5.76 Å². The number of amides is 2. The van der Waals surface area contributed by atoms with E-state index >= 15 is 0 Å². The second-order valence-electron chi connectivity index (χ2n) is 6.35. The molecule has 0 radical (unpaired) electrons. The highest BCUT2D eigenvalue weighted by atomic mass is 35.5. The number of carbonyl (C=O) groups excluding carboxylic acids is 2. The Morgan fingerprint density at radius 2 is 1.85 bits per heavy atom. The standard InChI is InChI=1S/C18H18ClN3O5/c19-14-7-6-12(21-18(24)15-8-9-16(27-15)22(25)26)10-13(14)17(23)20-11-4-2-1-3-5-11/h6-11H,1-5H2,(H,20,23)(H,21,24). The lowest BCUT2D eigenvalue weighted by Gasteiger charge is -2.23. The van der Waals surface area contributed by atoms with E-state index < -0.39 is 16.7 Å². The van der Waals surface area contributed by atoms with Crippen molar-refractivity contribution in [2.45, 2.75) is 38.1 Å². The maximum Gasteiger partial charge on any atom is 0.433 e. The van der Waals surface area contributed by atoms with E-state index in [1.54, 1.807) is 0 Å². The summed E-state index contributed by atoms with van der Waals surface area (Å²) in [5.41, 5.74) is 0.586. The summed E-state index contributed by atoms with van der Waals surface area (Å²) in [4.78, 5) is 34.6. The normalized spacial score (nSPS) is 14.6. The number of furan rings is 1. The summed E-state index contributed by atoms with van der Waals surface area (Å²) in [6.07, 6.45) is 5.24. The number of hydrogen-bond acceptors (Lipinski definition) is 5. The monoisotopic (exact) mass is 391 g/mol. The minimum absolute atomic E-state index is 0.129. The van der Waals surface area contributed by atoms with Crippen LogP contribution in [0, 0.1) is 10.1 Å². The van der Waals surface area contributed by atoms with Crippen molar-refractivity contribution >= 4 is 35.0 Å². The molecule has 2 aromatic rings. The van der Waals surface area contributed by atoms with Gasteiger partial charge in [-0.2, -0.15) is 0 Å². The summed E-state index contributed by atoms with van der Waals surface area (Å²) in [6, 6.07) is 6.95. The molecule has 1 aliphatic carbocycles. The molecule has 1 heterocycles. The van der Waals surface area contributed by atoms with Crippen LogP contribution in [0.4, 0.5) is 11.6 Å². The first kappa shape index (κ1) is 18.9. The van der Waals surface area contributed by atoms with Gasteiger partial charge in [-0.25, -0.2) is 0 Å². The molecule has 1 saturated carbocycles. The number of nitrogens with zero attached hydrogens (tertiary/aromatic N) is 1. The summed E-state index contributed by atoms with van der Waals surface area (Å²) < 4.78 is 4.86. The molecule has 0 bridgehead atoms. The molecule has 1 fully saturated rings. The summed E-state index contributed by atoms with van der Waals surface area (Å²) in [5.74, 6) is -1.69. The Kier molecular flexibility index (Phi) is 5.75. The molecule has 1 aromatic carbocycles. The SMILES string of the molecule is O=C(Nc1ccc(Cl)c(C(=O)NC2CCCCC2)c1)c1ccc([N+](=O)[O-])o1. The van der Waals surface area contributed by atoms with E-state index in [0.717, 1.165) is 31.7 Å². The molecule has 0 unspecified atom stereocenters. The first-order valence-electron chi connectivity index (χ1n) is 8.60. The van der Waals surface area contributed by atoms with E-state index in [1.165, 1.54) is 30.7 Å². The predicted molar refractivity (Wildman–Crippen MR) is 99.1 cm³/mol. The van der Waals surface area contributed by atoms with E-state index in [-0.39, 0.29) is 28.3 Å². The third-order valence-electron chi connectivity index (χ3n) is 4.40.